The van der Waals surface area contributed by atoms with Crippen LogP contribution in [0, 0.1) is 3.57 Å². The molecule has 0 saturated heterocycles. The van der Waals surface area contributed by atoms with Gasteiger partial charge in [0.15, 0.2) is 0 Å². The molecule has 0 unspecified atom stereocenters. The minimum Gasteiger partial charge on any atom is -0.383 e. The second kappa shape index (κ2) is 6.56. The molecule has 3 nitrogen and oxygen atoms in total. The third-order valence-electron chi connectivity index (χ3n) is 2.61. The first-order chi connectivity index (χ1) is 9.08. The normalized spacial score (nSPS) is 10.9. The largest absolute Gasteiger partial charge is 0.383 e. The summed E-state index contributed by atoms with van der Waals surface area (Å²) < 4.78 is 0.973. The van der Waals surface area contributed by atoms with E-state index in [4.69, 9.17) is 5.73 Å². The van der Waals surface area contributed by atoms with E-state index in [0.29, 0.717) is 11.7 Å². The molecule has 0 amide bonds. The molecule has 1 heterocycles. The van der Waals surface area contributed by atoms with E-state index in [-0.39, 0.29) is 0 Å². The average molecular weight is 385 g/mol. The van der Waals surface area contributed by atoms with Crippen LogP contribution in [-0.2, 0) is 5.75 Å². The first-order valence-electron chi connectivity index (χ1n) is 6.07. The van der Waals surface area contributed by atoms with E-state index < -0.39 is 0 Å². The maximum absolute atomic E-state index is 5.96. The highest BCUT2D eigenvalue weighted by Gasteiger charge is 2.13. The first kappa shape index (κ1) is 14.6. The van der Waals surface area contributed by atoms with Crippen molar-refractivity contribution in [3.05, 3.63) is 45.4 Å². The SMILES string of the molecule is CC(C)c1nc(CSc2ccccc2)nc(N)c1I. The highest BCUT2D eigenvalue weighted by Crippen LogP contribution is 2.26. The van der Waals surface area contributed by atoms with Crippen LogP contribution in [-0.4, -0.2) is 9.97 Å². The topological polar surface area (TPSA) is 51.8 Å². The van der Waals surface area contributed by atoms with Crippen LogP contribution in [0.3, 0.4) is 0 Å². The molecule has 0 aliphatic heterocycles. The van der Waals surface area contributed by atoms with Gasteiger partial charge in [-0.15, -0.1) is 11.8 Å². The zero-order valence-corrected chi connectivity index (χ0v) is 13.9. The number of thioether (sulfide) groups is 1. The Bertz CT molecular complexity index is 558. The van der Waals surface area contributed by atoms with Crippen LogP contribution in [0.25, 0.3) is 0 Å². The maximum atomic E-state index is 5.96. The minimum absolute atomic E-state index is 0.359. The summed E-state index contributed by atoms with van der Waals surface area (Å²) in [5.41, 5.74) is 7.00. The molecule has 0 radical (unpaired) electrons. The van der Waals surface area contributed by atoms with Crippen molar-refractivity contribution >= 4 is 40.2 Å². The summed E-state index contributed by atoms with van der Waals surface area (Å²) in [6, 6.07) is 10.3. The summed E-state index contributed by atoms with van der Waals surface area (Å²) >= 11 is 3.95. The summed E-state index contributed by atoms with van der Waals surface area (Å²) in [6.45, 7) is 4.25. The van der Waals surface area contributed by atoms with Gasteiger partial charge in [-0.05, 0) is 40.6 Å². The van der Waals surface area contributed by atoms with Crippen LogP contribution in [0.15, 0.2) is 35.2 Å². The number of anilines is 1. The van der Waals surface area contributed by atoms with Gasteiger partial charge in [-0.25, -0.2) is 9.97 Å². The maximum Gasteiger partial charge on any atom is 0.141 e. The van der Waals surface area contributed by atoms with E-state index in [0.717, 1.165) is 20.8 Å². The second-order valence-electron chi connectivity index (χ2n) is 4.48. The Morgan fingerprint density at radius 2 is 1.89 bits per heavy atom. The number of rotatable bonds is 4. The van der Waals surface area contributed by atoms with Gasteiger partial charge in [0, 0.05) is 4.90 Å². The van der Waals surface area contributed by atoms with E-state index in [1.807, 2.05) is 18.2 Å². The Morgan fingerprint density at radius 3 is 2.53 bits per heavy atom. The molecule has 100 valence electrons. The fraction of sp³-hybridized carbons (Fsp3) is 0.286. The van der Waals surface area contributed by atoms with Gasteiger partial charge < -0.3 is 5.73 Å². The molecule has 0 spiro atoms. The number of nitrogens with two attached hydrogens (primary N) is 1. The van der Waals surface area contributed by atoms with Crippen LogP contribution < -0.4 is 5.73 Å². The Labute approximate surface area is 131 Å². The van der Waals surface area contributed by atoms with Crippen molar-refractivity contribution in [2.75, 3.05) is 5.73 Å². The number of aromatic nitrogens is 2. The van der Waals surface area contributed by atoms with E-state index in [1.165, 1.54) is 4.90 Å². The highest BCUT2D eigenvalue weighted by atomic mass is 127. The van der Waals surface area contributed by atoms with Crippen molar-refractivity contribution in [2.24, 2.45) is 0 Å². The Hall–Kier alpha value is -0.820. The van der Waals surface area contributed by atoms with Gasteiger partial charge >= 0.3 is 0 Å². The van der Waals surface area contributed by atoms with Crippen LogP contribution in [0.4, 0.5) is 5.82 Å². The molecular formula is C14H16IN3S. The van der Waals surface area contributed by atoms with Crippen LogP contribution >= 0.6 is 34.4 Å². The third kappa shape index (κ3) is 3.82. The molecule has 1 aromatic carbocycles. The minimum atomic E-state index is 0.359. The van der Waals surface area contributed by atoms with Gasteiger partial charge in [0.1, 0.15) is 11.6 Å². The number of benzene rings is 1. The molecule has 0 fully saturated rings. The lowest BCUT2D eigenvalue weighted by Crippen LogP contribution is -2.07. The summed E-state index contributed by atoms with van der Waals surface area (Å²) in [5, 5.41) is 0. The lowest BCUT2D eigenvalue weighted by molar-refractivity contribution is 0.793. The quantitative estimate of drug-likeness (QED) is 0.637. The molecule has 0 aliphatic rings. The fourth-order valence-electron chi connectivity index (χ4n) is 1.64. The lowest BCUT2D eigenvalue weighted by atomic mass is 10.1. The van der Waals surface area contributed by atoms with Crippen molar-refractivity contribution in [3.8, 4) is 0 Å². The molecule has 0 bridgehead atoms. The molecule has 2 N–H and O–H groups in total. The van der Waals surface area contributed by atoms with Crippen molar-refractivity contribution in [2.45, 2.75) is 30.4 Å². The Balaban J connectivity index is 2.17. The van der Waals surface area contributed by atoms with Gasteiger partial charge in [0.05, 0.1) is 15.0 Å². The number of nitrogens with zero attached hydrogens (tertiary/aromatic N) is 2. The van der Waals surface area contributed by atoms with Crippen molar-refractivity contribution in [1.82, 2.24) is 9.97 Å². The summed E-state index contributed by atoms with van der Waals surface area (Å²) in [6.07, 6.45) is 0. The molecular weight excluding hydrogens is 369 g/mol. The molecule has 2 rings (SSSR count). The van der Waals surface area contributed by atoms with Gasteiger partial charge in [-0.2, -0.15) is 0 Å². The van der Waals surface area contributed by atoms with E-state index in [2.05, 4.69) is 58.5 Å². The van der Waals surface area contributed by atoms with Crippen LogP contribution in [0.5, 0.6) is 0 Å². The Kier molecular flexibility index (Phi) is 5.04. The smallest absolute Gasteiger partial charge is 0.141 e. The summed E-state index contributed by atoms with van der Waals surface area (Å²) in [5.74, 6) is 2.49. The van der Waals surface area contributed by atoms with E-state index in [9.17, 15) is 0 Å². The number of nitrogen functional groups attached to an aromatic ring is 1. The second-order valence-corrected chi connectivity index (χ2v) is 6.61. The number of hydrogen-bond acceptors (Lipinski definition) is 4. The predicted octanol–water partition coefficient (Wildman–Crippen LogP) is 4.08. The molecule has 0 aliphatic carbocycles. The van der Waals surface area contributed by atoms with Gasteiger partial charge in [0.25, 0.3) is 0 Å². The third-order valence-corrected chi connectivity index (χ3v) is 4.72. The monoisotopic (exact) mass is 385 g/mol. The molecule has 2 aromatic rings. The summed E-state index contributed by atoms with van der Waals surface area (Å²) in [7, 11) is 0. The average Bonchev–Trinajstić information content (AvgIpc) is 2.41. The molecule has 0 atom stereocenters. The predicted molar refractivity (Wildman–Crippen MR) is 89.3 cm³/mol. The van der Waals surface area contributed by atoms with E-state index >= 15 is 0 Å². The van der Waals surface area contributed by atoms with Crippen LogP contribution in [0.2, 0.25) is 0 Å². The first-order valence-corrected chi connectivity index (χ1v) is 8.14. The molecule has 19 heavy (non-hydrogen) atoms. The molecule has 1 aromatic heterocycles. The zero-order valence-electron chi connectivity index (χ0n) is 10.9. The van der Waals surface area contributed by atoms with Gasteiger partial charge in [-0.1, -0.05) is 32.0 Å². The Morgan fingerprint density at radius 1 is 1.21 bits per heavy atom. The van der Waals surface area contributed by atoms with Gasteiger partial charge in [0.2, 0.25) is 0 Å². The van der Waals surface area contributed by atoms with Crippen molar-refractivity contribution in [3.63, 3.8) is 0 Å². The zero-order chi connectivity index (χ0) is 13.8. The van der Waals surface area contributed by atoms with Crippen molar-refractivity contribution < 1.29 is 0 Å². The van der Waals surface area contributed by atoms with E-state index in [1.54, 1.807) is 11.8 Å². The van der Waals surface area contributed by atoms with Gasteiger partial charge in [-0.3, -0.25) is 0 Å². The molecule has 0 saturated carbocycles. The number of halogens is 1. The lowest BCUT2D eigenvalue weighted by Gasteiger charge is -2.11. The fourth-order valence-corrected chi connectivity index (χ4v) is 3.28. The standard InChI is InChI=1S/C14H16IN3S/c1-9(2)13-12(15)14(16)18-11(17-13)8-19-10-6-4-3-5-7-10/h3-7,9H,8H2,1-2H3,(H2,16,17,18). The van der Waals surface area contributed by atoms with Crippen LogP contribution in [0.1, 0.15) is 31.3 Å². The number of hydrogen-bond donors (Lipinski definition) is 1. The molecule has 5 heteroatoms. The summed E-state index contributed by atoms with van der Waals surface area (Å²) in [4.78, 5) is 10.2. The van der Waals surface area contributed by atoms with Crippen molar-refractivity contribution in [1.29, 1.82) is 0 Å². The highest BCUT2D eigenvalue weighted by molar-refractivity contribution is 14.1.